The Morgan fingerprint density at radius 2 is 2.10 bits per heavy atom. The minimum Gasteiger partial charge on any atom is -0.508 e. The van der Waals surface area contributed by atoms with E-state index in [1.54, 1.807) is 28.9 Å². The standard InChI is InChI=1S/C21H21N5O3/c1-3-29-17-10-5-4-9-16(17)25-20(28)18-13(2)24-21-22-12-23-26(21)19(18)14-7-6-8-15(27)11-14/h4-12,19,27H,3H2,1-2H3,(H,25,28)(H,22,23,24)/t19-/m0/s1. The molecule has 1 aromatic heterocycles. The van der Waals surface area contributed by atoms with Crippen LogP contribution in [0.2, 0.25) is 0 Å². The number of hydrogen-bond donors (Lipinski definition) is 3. The molecule has 29 heavy (non-hydrogen) atoms. The average molecular weight is 391 g/mol. The molecule has 1 atom stereocenters. The number of amides is 1. The highest BCUT2D eigenvalue weighted by molar-refractivity contribution is 6.06. The largest absolute Gasteiger partial charge is 0.508 e. The first-order chi connectivity index (χ1) is 14.1. The molecule has 0 radical (unpaired) electrons. The lowest BCUT2D eigenvalue weighted by Crippen LogP contribution is -2.31. The minimum atomic E-state index is -0.542. The molecule has 2 heterocycles. The quantitative estimate of drug-likeness (QED) is 0.617. The van der Waals surface area contributed by atoms with Gasteiger partial charge in [0.2, 0.25) is 5.95 Å². The van der Waals surface area contributed by atoms with Crippen LogP contribution in [0.25, 0.3) is 0 Å². The van der Waals surface area contributed by atoms with Gasteiger partial charge in [0.05, 0.1) is 17.9 Å². The van der Waals surface area contributed by atoms with Gasteiger partial charge in [0.15, 0.2) is 0 Å². The van der Waals surface area contributed by atoms with Gasteiger partial charge in [0.25, 0.3) is 5.91 Å². The van der Waals surface area contributed by atoms with E-state index in [9.17, 15) is 9.90 Å². The van der Waals surface area contributed by atoms with Crippen LogP contribution in [-0.4, -0.2) is 32.4 Å². The van der Waals surface area contributed by atoms with Crippen molar-refractivity contribution < 1.29 is 14.6 Å². The third-order valence-corrected chi connectivity index (χ3v) is 4.66. The van der Waals surface area contributed by atoms with Crippen LogP contribution in [0.5, 0.6) is 11.5 Å². The van der Waals surface area contributed by atoms with Gasteiger partial charge in [0, 0.05) is 5.70 Å². The van der Waals surface area contributed by atoms with Crippen LogP contribution in [0.1, 0.15) is 25.5 Å². The van der Waals surface area contributed by atoms with Crippen LogP contribution in [-0.2, 0) is 4.79 Å². The van der Waals surface area contributed by atoms with Gasteiger partial charge in [-0.15, -0.1) is 0 Å². The summed E-state index contributed by atoms with van der Waals surface area (Å²) in [5, 5.41) is 20.3. The third kappa shape index (κ3) is 3.52. The Balaban J connectivity index is 1.75. The van der Waals surface area contributed by atoms with Crippen molar-refractivity contribution in [1.29, 1.82) is 0 Å². The van der Waals surface area contributed by atoms with E-state index in [0.29, 0.717) is 35.3 Å². The Morgan fingerprint density at radius 3 is 2.90 bits per heavy atom. The zero-order chi connectivity index (χ0) is 20.4. The second kappa shape index (κ2) is 7.67. The number of carbonyl (C=O) groups is 1. The predicted molar refractivity (Wildman–Crippen MR) is 109 cm³/mol. The summed E-state index contributed by atoms with van der Waals surface area (Å²) in [6.07, 6.45) is 1.43. The molecule has 3 aromatic rings. The molecular formula is C21H21N5O3. The summed E-state index contributed by atoms with van der Waals surface area (Å²) in [6.45, 7) is 4.20. The number of phenols is 1. The molecule has 1 amide bonds. The van der Waals surface area contributed by atoms with Gasteiger partial charge in [-0.05, 0) is 43.7 Å². The highest BCUT2D eigenvalue weighted by Crippen LogP contribution is 2.36. The molecule has 8 heteroatoms. The van der Waals surface area contributed by atoms with Gasteiger partial charge < -0.3 is 20.5 Å². The van der Waals surface area contributed by atoms with Crippen molar-refractivity contribution in [2.75, 3.05) is 17.2 Å². The maximum absolute atomic E-state index is 13.3. The van der Waals surface area contributed by atoms with E-state index in [1.165, 1.54) is 6.33 Å². The van der Waals surface area contributed by atoms with E-state index >= 15 is 0 Å². The van der Waals surface area contributed by atoms with Crippen molar-refractivity contribution in [2.45, 2.75) is 19.9 Å². The molecule has 0 saturated heterocycles. The van der Waals surface area contributed by atoms with E-state index in [-0.39, 0.29) is 11.7 Å². The summed E-state index contributed by atoms with van der Waals surface area (Å²) < 4.78 is 7.25. The summed E-state index contributed by atoms with van der Waals surface area (Å²) in [7, 11) is 0. The number of allylic oxidation sites excluding steroid dienone is 1. The lowest BCUT2D eigenvalue weighted by Gasteiger charge is -2.29. The van der Waals surface area contributed by atoms with Crippen LogP contribution in [0.15, 0.2) is 66.1 Å². The van der Waals surface area contributed by atoms with Gasteiger partial charge >= 0.3 is 0 Å². The van der Waals surface area contributed by atoms with Gasteiger partial charge in [-0.25, -0.2) is 4.68 Å². The zero-order valence-corrected chi connectivity index (χ0v) is 16.1. The van der Waals surface area contributed by atoms with Gasteiger partial charge in [-0.1, -0.05) is 24.3 Å². The van der Waals surface area contributed by atoms with E-state index in [1.807, 2.05) is 38.1 Å². The first-order valence-electron chi connectivity index (χ1n) is 9.28. The summed E-state index contributed by atoms with van der Waals surface area (Å²) >= 11 is 0. The number of phenolic OH excluding ortho intramolecular Hbond substituents is 1. The highest BCUT2D eigenvalue weighted by atomic mass is 16.5. The Morgan fingerprint density at radius 1 is 1.28 bits per heavy atom. The number of benzene rings is 2. The fourth-order valence-electron chi connectivity index (χ4n) is 3.43. The van der Waals surface area contributed by atoms with E-state index < -0.39 is 6.04 Å². The highest BCUT2D eigenvalue weighted by Gasteiger charge is 2.33. The number of aromatic hydroxyl groups is 1. The molecule has 8 nitrogen and oxygen atoms in total. The Hall–Kier alpha value is -3.81. The van der Waals surface area contributed by atoms with Crippen molar-refractivity contribution in [3.8, 4) is 11.5 Å². The fraction of sp³-hybridized carbons (Fsp3) is 0.190. The summed E-state index contributed by atoms with van der Waals surface area (Å²) in [5.74, 6) is 0.946. The lowest BCUT2D eigenvalue weighted by molar-refractivity contribution is -0.113. The number of carbonyl (C=O) groups excluding carboxylic acids is 1. The molecule has 1 aliphatic rings. The minimum absolute atomic E-state index is 0.113. The number of nitrogens with one attached hydrogen (secondary N) is 2. The molecule has 0 spiro atoms. The number of anilines is 2. The monoisotopic (exact) mass is 391 g/mol. The molecule has 3 N–H and O–H groups in total. The topological polar surface area (TPSA) is 101 Å². The molecule has 1 aliphatic heterocycles. The molecule has 148 valence electrons. The first-order valence-corrected chi connectivity index (χ1v) is 9.28. The van der Waals surface area contributed by atoms with Gasteiger partial charge in [0.1, 0.15) is 23.9 Å². The molecule has 0 fully saturated rings. The van der Waals surface area contributed by atoms with Crippen molar-refractivity contribution in [3.05, 3.63) is 71.7 Å². The maximum Gasteiger partial charge on any atom is 0.255 e. The van der Waals surface area contributed by atoms with Gasteiger partial charge in [-0.2, -0.15) is 10.1 Å². The molecular weight excluding hydrogens is 370 g/mol. The molecule has 0 saturated carbocycles. The normalized spacial score (nSPS) is 15.4. The smallest absolute Gasteiger partial charge is 0.255 e. The summed E-state index contributed by atoms with van der Waals surface area (Å²) in [4.78, 5) is 17.6. The zero-order valence-electron chi connectivity index (χ0n) is 16.1. The second-order valence-electron chi connectivity index (χ2n) is 6.57. The number of fused-ring (bicyclic) bond motifs is 1. The summed E-state index contributed by atoms with van der Waals surface area (Å²) in [6, 6.07) is 13.5. The van der Waals surface area contributed by atoms with Crippen molar-refractivity contribution in [2.24, 2.45) is 0 Å². The first kappa shape index (κ1) is 18.5. The van der Waals surface area contributed by atoms with Crippen LogP contribution in [0, 0.1) is 0 Å². The molecule has 2 aromatic carbocycles. The van der Waals surface area contributed by atoms with E-state index in [2.05, 4.69) is 20.7 Å². The number of rotatable bonds is 5. The third-order valence-electron chi connectivity index (χ3n) is 4.66. The number of hydrogen-bond acceptors (Lipinski definition) is 6. The molecule has 4 rings (SSSR count). The number of para-hydroxylation sites is 2. The van der Waals surface area contributed by atoms with Crippen LogP contribution >= 0.6 is 0 Å². The number of nitrogens with zero attached hydrogens (tertiary/aromatic N) is 3. The van der Waals surface area contributed by atoms with E-state index in [4.69, 9.17) is 4.74 Å². The van der Waals surface area contributed by atoms with Crippen LogP contribution < -0.4 is 15.4 Å². The average Bonchev–Trinajstić information content (AvgIpc) is 3.16. The summed E-state index contributed by atoms with van der Waals surface area (Å²) in [5.41, 5.74) is 2.43. The Bertz CT molecular complexity index is 1090. The predicted octanol–water partition coefficient (Wildman–Crippen LogP) is 3.31. The van der Waals surface area contributed by atoms with Crippen molar-refractivity contribution in [1.82, 2.24) is 14.8 Å². The Kier molecular flexibility index (Phi) is 4.90. The molecule has 0 bridgehead atoms. The lowest BCUT2D eigenvalue weighted by atomic mass is 9.95. The van der Waals surface area contributed by atoms with Gasteiger partial charge in [-0.3, -0.25) is 4.79 Å². The SMILES string of the molecule is CCOc1ccccc1NC(=O)C1=C(C)Nc2ncnn2[C@H]1c1cccc(O)c1. The van der Waals surface area contributed by atoms with Crippen molar-refractivity contribution >= 4 is 17.5 Å². The Labute approximate surface area is 167 Å². The maximum atomic E-state index is 13.3. The second-order valence-corrected chi connectivity index (χ2v) is 6.57. The molecule has 0 aliphatic carbocycles. The van der Waals surface area contributed by atoms with E-state index in [0.717, 1.165) is 5.56 Å². The number of aromatic nitrogens is 3. The van der Waals surface area contributed by atoms with Crippen molar-refractivity contribution in [3.63, 3.8) is 0 Å². The fourth-order valence-corrected chi connectivity index (χ4v) is 3.43. The molecule has 0 unspecified atom stereocenters. The van der Waals surface area contributed by atoms with Crippen LogP contribution in [0.3, 0.4) is 0 Å². The van der Waals surface area contributed by atoms with Crippen LogP contribution in [0.4, 0.5) is 11.6 Å². The number of ether oxygens (including phenoxy) is 1.